The number of benzene rings is 3. The van der Waals surface area contributed by atoms with E-state index in [-0.39, 0.29) is 0 Å². The number of thiophene rings is 1. The van der Waals surface area contributed by atoms with Crippen LogP contribution >= 0.6 is 11.3 Å². The van der Waals surface area contributed by atoms with Gasteiger partial charge in [-0.05, 0) is 48.0 Å². The van der Waals surface area contributed by atoms with Crippen molar-refractivity contribution in [3.8, 4) is 11.1 Å². The molecule has 7 aromatic rings. The second-order valence-corrected chi connectivity index (χ2v) is 8.63. The number of fused-ring (bicyclic) bond motifs is 8. The molecule has 0 saturated heterocycles. The molecule has 4 aromatic heterocycles. The molecule has 4 heteroatoms. The Morgan fingerprint density at radius 1 is 0.750 bits per heavy atom. The average Bonchev–Trinajstić information content (AvgIpc) is 3.43. The van der Waals surface area contributed by atoms with E-state index in [4.69, 9.17) is 9.97 Å². The third-order valence-corrected chi connectivity index (χ3v) is 7.00. The zero-order chi connectivity index (χ0) is 21.7. The van der Waals surface area contributed by atoms with E-state index in [1.807, 2.05) is 43.5 Å². The molecule has 0 atom stereocenters. The summed E-state index contributed by atoms with van der Waals surface area (Å²) < 4.78 is 4.83. The number of rotatable bonds is 1. The Hall–Kier alpha value is -3.76. The second-order valence-electron chi connectivity index (χ2n) is 7.55. The quantitative estimate of drug-likeness (QED) is 0.263. The van der Waals surface area contributed by atoms with Gasteiger partial charge in [-0.3, -0.25) is 9.38 Å². The predicted octanol–water partition coefficient (Wildman–Crippen LogP) is 8.10. The van der Waals surface area contributed by atoms with Crippen molar-refractivity contribution in [1.29, 1.82) is 0 Å². The minimum Gasteiger partial charge on any atom is -0.298 e. The van der Waals surface area contributed by atoms with Crippen molar-refractivity contribution in [3.05, 3.63) is 91.3 Å². The summed E-state index contributed by atoms with van der Waals surface area (Å²) in [6, 6.07) is 27.8. The van der Waals surface area contributed by atoms with Gasteiger partial charge in [0.25, 0.3) is 0 Å². The number of aromatic nitrogens is 3. The highest BCUT2D eigenvalue weighted by molar-refractivity contribution is 7.25. The normalized spacial score (nSPS) is 11.4. The van der Waals surface area contributed by atoms with Gasteiger partial charge in [0, 0.05) is 43.5 Å². The van der Waals surface area contributed by atoms with E-state index in [2.05, 4.69) is 77.3 Å². The molecular weight excluding hydrogens is 410 g/mol. The Kier molecular flexibility index (Phi) is 4.40. The number of imidazole rings is 1. The summed E-state index contributed by atoms with van der Waals surface area (Å²) in [6.45, 7) is 4.00. The maximum Gasteiger partial charge on any atom is 0.147 e. The summed E-state index contributed by atoms with van der Waals surface area (Å²) in [6.07, 6.45) is 4.05. The molecule has 0 spiro atoms. The fourth-order valence-corrected chi connectivity index (χ4v) is 5.55. The van der Waals surface area contributed by atoms with Gasteiger partial charge in [-0.15, -0.1) is 11.3 Å². The lowest BCUT2D eigenvalue weighted by atomic mass is 10.0. The van der Waals surface area contributed by atoms with Crippen LogP contribution in [-0.4, -0.2) is 14.4 Å². The van der Waals surface area contributed by atoms with Crippen LogP contribution in [0.4, 0.5) is 0 Å². The van der Waals surface area contributed by atoms with Crippen LogP contribution in [0.5, 0.6) is 0 Å². The lowest BCUT2D eigenvalue weighted by molar-refractivity contribution is 1.24. The van der Waals surface area contributed by atoms with E-state index in [1.54, 1.807) is 0 Å². The number of para-hydroxylation sites is 2. The zero-order valence-corrected chi connectivity index (χ0v) is 18.7. The van der Waals surface area contributed by atoms with Gasteiger partial charge in [0.15, 0.2) is 0 Å². The van der Waals surface area contributed by atoms with E-state index in [9.17, 15) is 0 Å². The minimum atomic E-state index is 0.949. The van der Waals surface area contributed by atoms with E-state index in [1.165, 1.54) is 25.7 Å². The molecule has 0 fully saturated rings. The molecule has 0 bridgehead atoms. The molecule has 3 aromatic carbocycles. The summed E-state index contributed by atoms with van der Waals surface area (Å²) in [4.78, 5) is 9.64. The van der Waals surface area contributed by atoms with Gasteiger partial charge in [0.1, 0.15) is 5.65 Å². The van der Waals surface area contributed by atoms with E-state index < -0.39 is 0 Å². The second kappa shape index (κ2) is 7.43. The first-order valence-electron chi connectivity index (χ1n) is 10.9. The van der Waals surface area contributed by atoms with Crippen molar-refractivity contribution < 1.29 is 0 Å². The highest BCUT2D eigenvalue weighted by Gasteiger charge is 2.15. The van der Waals surface area contributed by atoms with Crippen molar-refractivity contribution in [1.82, 2.24) is 14.4 Å². The summed E-state index contributed by atoms with van der Waals surface area (Å²) in [5.74, 6) is 0. The largest absolute Gasteiger partial charge is 0.298 e. The molecule has 0 amide bonds. The highest BCUT2D eigenvalue weighted by atomic mass is 32.1. The van der Waals surface area contributed by atoms with Crippen LogP contribution in [0.15, 0.2) is 91.3 Å². The highest BCUT2D eigenvalue weighted by Crippen LogP contribution is 2.38. The first-order chi connectivity index (χ1) is 15.9. The van der Waals surface area contributed by atoms with Crippen molar-refractivity contribution >= 4 is 59.1 Å². The molecule has 0 aliphatic heterocycles. The van der Waals surface area contributed by atoms with Crippen LogP contribution in [0.25, 0.3) is 58.9 Å². The third-order valence-electron chi connectivity index (χ3n) is 5.85. The minimum absolute atomic E-state index is 0.949. The van der Waals surface area contributed by atoms with Crippen molar-refractivity contribution in [2.24, 2.45) is 0 Å². The maximum absolute atomic E-state index is 4.89. The Morgan fingerprint density at radius 2 is 1.53 bits per heavy atom. The molecule has 0 N–H and O–H groups in total. The predicted molar refractivity (Wildman–Crippen MR) is 138 cm³/mol. The van der Waals surface area contributed by atoms with E-state index >= 15 is 0 Å². The lowest BCUT2D eigenvalue weighted by Crippen LogP contribution is -1.92. The van der Waals surface area contributed by atoms with Gasteiger partial charge < -0.3 is 0 Å². The molecular formula is C28H21N3S. The fraction of sp³-hybridized carbons (Fsp3) is 0.0714. The van der Waals surface area contributed by atoms with Crippen LogP contribution in [0, 0.1) is 0 Å². The van der Waals surface area contributed by atoms with Gasteiger partial charge in [-0.1, -0.05) is 50.2 Å². The van der Waals surface area contributed by atoms with E-state index in [0.717, 1.165) is 33.1 Å². The first-order valence-corrected chi connectivity index (χ1v) is 11.7. The standard InChI is InChI=1S/C26H15N3S.C2H6/c1-4-10-23-17(6-1)19-14-16(11-12-24(19)30-23)20-15-29-22-9-3-2-8-21(22)28-26(29)18-7-5-13-27-25(18)20;1-2/h1-15H;1-2H3. The van der Waals surface area contributed by atoms with Crippen LogP contribution in [0.1, 0.15) is 13.8 Å². The maximum atomic E-state index is 4.89. The zero-order valence-electron chi connectivity index (χ0n) is 17.9. The molecule has 0 aliphatic rings. The van der Waals surface area contributed by atoms with Crippen molar-refractivity contribution in [2.75, 3.05) is 0 Å². The van der Waals surface area contributed by atoms with Crippen LogP contribution in [-0.2, 0) is 0 Å². The van der Waals surface area contributed by atoms with Gasteiger partial charge in [-0.25, -0.2) is 4.98 Å². The molecule has 0 unspecified atom stereocenters. The van der Waals surface area contributed by atoms with Gasteiger partial charge in [-0.2, -0.15) is 0 Å². The number of hydrogen-bond acceptors (Lipinski definition) is 3. The SMILES string of the molecule is CC.c1ccc2c(c1)nc1c3cccnc3c(-c3ccc4sc5ccccc5c4c3)cn21. The van der Waals surface area contributed by atoms with Crippen LogP contribution < -0.4 is 0 Å². The Bertz CT molecular complexity index is 1760. The summed E-state index contributed by atoms with van der Waals surface area (Å²) in [5, 5.41) is 3.68. The molecule has 0 aliphatic carbocycles. The smallest absolute Gasteiger partial charge is 0.147 e. The van der Waals surface area contributed by atoms with Crippen molar-refractivity contribution in [3.63, 3.8) is 0 Å². The van der Waals surface area contributed by atoms with Crippen LogP contribution in [0.2, 0.25) is 0 Å². The number of pyridine rings is 2. The fourth-order valence-electron chi connectivity index (χ4n) is 4.46. The molecule has 0 radical (unpaired) electrons. The average molecular weight is 432 g/mol. The number of hydrogen-bond donors (Lipinski definition) is 0. The topological polar surface area (TPSA) is 30.2 Å². The molecule has 3 nitrogen and oxygen atoms in total. The molecule has 0 saturated carbocycles. The van der Waals surface area contributed by atoms with Gasteiger partial charge >= 0.3 is 0 Å². The Balaban J connectivity index is 0.000000953. The summed E-state index contributed by atoms with van der Waals surface area (Å²) in [5.41, 5.74) is 6.35. The van der Waals surface area contributed by atoms with Crippen LogP contribution in [0.3, 0.4) is 0 Å². The van der Waals surface area contributed by atoms with Gasteiger partial charge in [0.05, 0.1) is 16.6 Å². The molecule has 154 valence electrons. The van der Waals surface area contributed by atoms with Gasteiger partial charge in [0.2, 0.25) is 0 Å². The molecule has 4 heterocycles. The number of nitrogens with zero attached hydrogens (tertiary/aromatic N) is 3. The third kappa shape index (κ3) is 2.73. The Morgan fingerprint density at radius 3 is 2.47 bits per heavy atom. The van der Waals surface area contributed by atoms with E-state index in [0.29, 0.717) is 0 Å². The Labute approximate surface area is 189 Å². The first kappa shape index (κ1) is 19.0. The molecule has 7 rings (SSSR count). The summed E-state index contributed by atoms with van der Waals surface area (Å²) in [7, 11) is 0. The van der Waals surface area contributed by atoms with Crippen molar-refractivity contribution in [2.45, 2.75) is 13.8 Å². The molecule has 32 heavy (non-hydrogen) atoms. The lowest BCUT2D eigenvalue weighted by Gasteiger charge is -2.09. The monoisotopic (exact) mass is 431 g/mol. The summed E-state index contributed by atoms with van der Waals surface area (Å²) >= 11 is 1.84.